The highest BCUT2D eigenvalue weighted by atomic mass is 32.1. The van der Waals surface area contributed by atoms with Crippen LogP contribution >= 0.6 is 11.3 Å². The largest absolute Gasteiger partial charge is 0.312 e. The number of thiazole rings is 1. The number of pyridine rings is 1. The molecular formula is C27H28N4S. The van der Waals surface area contributed by atoms with Gasteiger partial charge in [0.05, 0.1) is 11.2 Å². The maximum Gasteiger partial charge on any atom is 0.0798 e. The zero-order valence-corrected chi connectivity index (χ0v) is 19.0. The lowest BCUT2D eigenvalue weighted by Crippen LogP contribution is -2.29. The van der Waals surface area contributed by atoms with Crippen LogP contribution in [0.2, 0.25) is 0 Å². The van der Waals surface area contributed by atoms with Crippen molar-refractivity contribution in [3.05, 3.63) is 106 Å². The second kappa shape index (κ2) is 10.2. The van der Waals surface area contributed by atoms with Gasteiger partial charge in [0, 0.05) is 49.9 Å². The van der Waals surface area contributed by atoms with Crippen LogP contribution in [0.3, 0.4) is 0 Å². The van der Waals surface area contributed by atoms with Crippen molar-refractivity contribution in [1.29, 1.82) is 0 Å². The number of nitrogens with one attached hydrogen (secondary N) is 1. The number of hydrogen-bond acceptors (Lipinski definition) is 5. The van der Waals surface area contributed by atoms with E-state index in [1.165, 1.54) is 38.4 Å². The molecule has 0 atom stereocenters. The second-order valence-electron chi connectivity index (χ2n) is 8.37. The number of benzene rings is 2. The van der Waals surface area contributed by atoms with Crippen LogP contribution in [0.5, 0.6) is 0 Å². The molecule has 0 amide bonds. The van der Waals surface area contributed by atoms with Gasteiger partial charge in [0.15, 0.2) is 0 Å². The smallest absolute Gasteiger partial charge is 0.0798 e. The van der Waals surface area contributed by atoms with Gasteiger partial charge >= 0.3 is 0 Å². The summed E-state index contributed by atoms with van der Waals surface area (Å²) in [7, 11) is 0. The van der Waals surface area contributed by atoms with Crippen molar-refractivity contribution in [3.8, 4) is 11.1 Å². The van der Waals surface area contributed by atoms with E-state index in [9.17, 15) is 0 Å². The van der Waals surface area contributed by atoms with E-state index in [0.29, 0.717) is 0 Å². The second-order valence-corrected chi connectivity index (χ2v) is 9.31. The van der Waals surface area contributed by atoms with E-state index in [2.05, 4.69) is 74.8 Å². The van der Waals surface area contributed by atoms with Gasteiger partial charge in [-0.1, -0.05) is 42.5 Å². The fourth-order valence-electron chi connectivity index (χ4n) is 4.29. The molecule has 0 aliphatic carbocycles. The fourth-order valence-corrected chi connectivity index (χ4v) is 5.14. The van der Waals surface area contributed by atoms with Crippen molar-refractivity contribution in [1.82, 2.24) is 20.2 Å². The lowest BCUT2D eigenvalue weighted by molar-refractivity contribution is 0.247. The monoisotopic (exact) mass is 440 g/mol. The SMILES string of the molecule is c1cncc(CCNCc2cccc(-c3cccc(CN4CCc5ncsc5C4)c3)c2)c1. The average Bonchev–Trinajstić information content (AvgIpc) is 3.31. The maximum absolute atomic E-state index is 4.49. The zero-order chi connectivity index (χ0) is 21.6. The maximum atomic E-state index is 4.49. The van der Waals surface area contributed by atoms with Crippen molar-refractivity contribution in [2.24, 2.45) is 0 Å². The molecule has 0 bridgehead atoms. The Balaban J connectivity index is 1.19. The van der Waals surface area contributed by atoms with Gasteiger partial charge in [-0.15, -0.1) is 11.3 Å². The van der Waals surface area contributed by atoms with E-state index in [-0.39, 0.29) is 0 Å². The highest BCUT2D eigenvalue weighted by Crippen LogP contribution is 2.25. The van der Waals surface area contributed by atoms with Gasteiger partial charge in [0.1, 0.15) is 0 Å². The quantitative estimate of drug-likeness (QED) is 0.387. The molecule has 4 nitrogen and oxygen atoms in total. The predicted molar refractivity (Wildman–Crippen MR) is 131 cm³/mol. The third-order valence-corrected chi connectivity index (χ3v) is 6.85. The highest BCUT2D eigenvalue weighted by molar-refractivity contribution is 7.09. The Morgan fingerprint density at radius 2 is 1.75 bits per heavy atom. The molecule has 5 heteroatoms. The van der Waals surface area contributed by atoms with E-state index in [1.807, 2.05) is 24.0 Å². The van der Waals surface area contributed by atoms with E-state index >= 15 is 0 Å². The molecule has 32 heavy (non-hydrogen) atoms. The molecule has 2 aromatic carbocycles. The lowest BCUT2D eigenvalue weighted by Gasteiger charge is -2.26. The molecular weight excluding hydrogens is 412 g/mol. The molecule has 3 heterocycles. The van der Waals surface area contributed by atoms with Crippen LogP contribution < -0.4 is 5.32 Å². The van der Waals surface area contributed by atoms with Crippen molar-refractivity contribution < 1.29 is 0 Å². The number of rotatable bonds is 8. The third-order valence-electron chi connectivity index (χ3n) is 5.99. The van der Waals surface area contributed by atoms with Gasteiger partial charge in [-0.3, -0.25) is 9.88 Å². The molecule has 4 aromatic rings. The summed E-state index contributed by atoms with van der Waals surface area (Å²) in [4.78, 5) is 12.6. The minimum atomic E-state index is 0.874. The van der Waals surface area contributed by atoms with Crippen LogP contribution in [0, 0.1) is 0 Å². The first-order valence-corrected chi connectivity index (χ1v) is 12.1. The van der Waals surface area contributed by atoms with Crippen LogP contribution in [0.4, 0.5) is 0 Å². The normalized spacial score (nSPS) is 13.8. The van der Waals surface area contributed by atoms with Gasteiger partial charge in [-0.25, -0.2) is 4.98 Å². The summed E-state index contributed by atoms with van der Waals surface area (Å²) in [5.41, 5.74) is 9.80. The average molecular weight is 441 g/mol. The molecule has 2 aromatic heterocycles. The van der Waals surface area contributed by atoms with Crippen LogP contribution in [0.15, 0.2) is 78.6 Å². The first-order valence-electron chi connectivity index (χ1n) is 11.2. The van der Waals surface area contributed by atoms with Crippen LogP contribution in [-0.2, 0) is 32.5 Å². The molecule has 0 unspecified atom stereocenters. The summed E-state index contributed by atoms with van der Waals surface area (Å²) in [6.07, 6.45) is 5.82. The fraction of sp³-hybridized carbons (Fsp3) is 0.259. The molecule has 0 spiro atoms. The van der Waals surface area contributed by atoms with Crippen LogP contribution in [0.1, 0.15) is 27.3 Å². The van der Waals surface area contributed by atoms with E-state index in [0.717, 1.165) is 45.6 Å². The van der Waals surface area contributed by atoms with Crippen LogP contribution in [0.25, 0.3) is 11.1 Å². The van der Waals surface area contributed by atoms with Crippen molar-refractivity contribution >= 4 is 11.3 Å². The van der Waals surface area contributed by atoms with E-state index in [1.54, 1.807) is 11.3 Å². The summed E-state index contributed by atoms with van der Waals surface area (Å²) >= 11 is 1.79. The number of aromatic nitrogens is 2. The molecule has 1 aliphatic heterocycles. The summed E-state index contributed by atoms with van der Waals surface area (Å²) in [5, 5.41) is 3.56. The standard InChI is InChI=1S/C27H28N4S/c1-4-22(17-29-12-9-21-6-3-11-28-16-21)14-24(7-1)25-8-2-5-23(15-25)18-31-13-10-26-27(19-31)32-20-30-26/h1-8,11,14-16,20,29H,9-10,12-13,17-19H2. The summed E-state index contributed by atoms with van der Waals surface area (Å²) in [6, 6.07) is 22.0. The first-order chi connectivity index (χ1) is 15.8. The van der Waals surface area contributed by atoms with Gasteiger partial charge in [-0.05, 0) is 59.0 Å². The van der Waals surface area contributed by atoms with E-state index < -0.39 is 0 Å². The molecule has 0 saturated heterocycles. The third kappa shape index (κ3) is 5.30. The predicted octanol–water partition coefficient (Wildman–Crippen LogP) is 5.10. The van der Waals surface area contributed by atoms with Crippen molar-refractivity contribution in [2.45, 2.75) is 32.5 Å². The van der Waals surface area contributed by atoms with Gasteiger partial charge < -0.3 is 5.32 Å². The summed E-state index contributed by atoms with van der Waals surface area (Å²) in [6.45, 7) is 4.91. The van der Waals surface area contributed by atoms with Gasteiger partial charge in [0.25, 0.3) is 0 Å². The molecule has 0 saturated carbocycles. The minimum absolute atomic E-state index is 0.874. The molecule has 1 aliphatic rings. The van der Waals surface area contributed by atoms with Crippen molar-refractivity contribution in [3.63, 3.8) is 0 Å². The first kappa shape index (κ1) is 21.0. The Morgan fingerprint density at radius 1 is 0.938 bits per heavy atom. The Hall–Kier alpha value is -2.86. The summed E-state index contributed by atoms with van der Waals surface area (Å²) < 4.78 is 0. The Kier molecular flexibility index (Phi) is 6.68. The van der Waals surface area contributed by atoms with Crippen LogP contribution in [-0.4, -0.2) is 28.0 Å². The number of nitrogens with zero attached hydrogens (tertiary/aromatic N) is 3. The molecule has 0 fully saturated rings. The van der Waals surface area contributed by atoms with Gasteiger partial charge in [-0.2, -0.15) is 0 Å². The zero-order valence-electron chi connectivity index (χ0n) is 18.2. The topological polar surface area (TPSA) is 41.1 Å². The van der Waals surface area contributed by atoms with Crippen molar-refractivity contribution in [2.75, 3.05) is 13.1 Å². The highest BCUT2D eigenvalue weighted by Gasteiger charge is 2.18. The number of fused-ring (bicyclic) bond motifs is 1. The molecule has 0 radical (unpaired) electrons. The lowest BCUT2D eigenvalue weighted by atomic mass is 10.0. The Labute approximate surface area is 194 Å². The Bertz CT molecular complexity index is 1160. The molecule has 5 rings (SSSR count). The van der Waals surface area contributed by atoms with E-state index in [4.69, 9.17) is 0 Å². The molecule has 162 valence electrons. The Morgan fingerprint density at radius 3 is 2.59 bits per heavy atom. The minimum Gasteiger partial charge on any atom is -0.312 e. The molecule has 1 N–H and O–H groups in total. The summed E-state index contributed by atoms with van der Waals surface area (Å²) in [5.74, 6) is 0. The number of hydrogen-bond donors (Lipinski definition) is 1. The van der Waals surface area contributed by atoms with Gasteiger partial charge in [0.2, 0.25) is 0 Å².